The third-order valence-electron chi connectivity index (χ3n) is 4.17. The highest BCUT2D eigenvalue weighted by Gasteiger charge is 2.35. The molecule has 0 unspecified atom stereocenters. The summed E-state index contributed by atoms with van der Waals surface area (Å²) in [6.45, 7) is 8.65. The van der Waals surface area contributed by atoms with E-state index >= 15 is 0 Å². The van der Waals surface area contributed by atoms with E-state index in [9.17, 15) is 0 Å². The molecule has 0 fully saturated rings. The van der Waals surface area contributed by atoms with Gasteiger partial charge in [0.15, 0.2) is 0 Å². The van der Waals surface area contributed by atoms with Gasteiger partial charge in [-0.15, -0.1) is 6.58 Å². The third kappa shape index (κ3) is 1.38. The Bertz CT molecular complexity index is 555. The molecule has 0 saturated carbocycles. The largest absolute Gasteiger partial charge is 0.102 e. The lowest BCUT2D eigenvalue weighted by Crippen LogP contribution is -2.28. The Balaban J connectivity index is 2.36. The molecular formula is C18H18. The molecule has 0 radical (unpaired) electrons. The maximum Gasteiger partial charge on any atom is 0.0273 e. The van der Waals surface area contributed by atoms with Crippen LogP contribution in [0.25, 0.3) is 0 Å². The van der Waals surface area contributed by atoms with Gasteiger partial charge >= 0.3 is 0 Å². The number of fused-ring (bicyclic) bond motifs is 2. The molecule has 0 heteroatoms. The predicted octanol–water partition coefficient (Wildman–Crippen LogP) is 4.64. The first-order chi connectivity index (χ1) is 8.66. The third-order valence-corrected chi connectivity index (χ3v) is 4.17. The number of hydrogen-bond acceptors (Lipinski definition) is 0. The van der Waals surface area contributed by atoms with Gasteiger partial charge in [0.25, 0.3) is 0 Å². The highest BCUT2D eigenvalue weighted by atomic mass is 14.4. The van der Waals surface area contributed by atoms with Gasteiger partial charge in [0.2, 0.25) is 0 Å². The van der Waals surface area contributed by atoms with Crippen LogP contribution < -0.4 is 0 Å². The summed E-state index contributed by atoms with van der Waals surface area (Å²) in [6, 6.07) is 17.5. The van der Waals surface area contributed by atoms with Crippen LogP contribution in [0.1, 0.15) is 42.0 Å². The van der Waals surface area contributed by atoms with Crippen molar-refractivity contribution in [3.63, 3.8) is 0 Å². The molecule has 1 aliphatic rings. The van der Waals surface area contributed by atoms with Crippen molar-refractivity contribution in [1.29, 1.82) is 0 Å². The number of hydrogen-bond donors (Lipinski definition) is 0. The molecule has 2 aromatic rings. The Morgan fingerprint density at radius 2 is 1.33 bits per heavy atom. The highest BCUT2D eigenvalue weighted by Crippen LogP contribution is 2.46. The van der Waals surface area contributed by atoms with E-state index < -0.39 is 0 Å². The zero-order valence-corrected chi connectivity index (χ0v) is 11.0. The molecular weight excluding hydrogens is 216 g/mol. The van der Waals surface area contributed by atoms with Gasteiger partial charge in [-0.1, -0.05) is 68.5 Å². The summed E-state index contributed by atoms with van der Waals surface area (Å²) < 4.78 is 0. The lowest BCUT2D eigenvalue weighted by Gasteiger charge is -2.38. The number of allylic oxidation sites excluding steroid dienone is 1. The molecule has 0 spiro atoms. The first-order valence-corrected chi connectivity index (χ1v) is 6.47. The SMILES string of the molecule is C=CC1c2ccccc2C(C)(C)c2ccccc21. The summed E-state index contributed by atoms with van der Waals surface area (Å²) in [7, 11) is 0. The maximum absolute atomic E-state index is 4.03. The van der Waals surface area contributed by atoms with E-state index in [0.29, 0.717) is 5.92 Å². The lowest BCUT2D eigenvalue weighted by molar-refractivity contribution is 0.600. The molecule has 0 heterocycles. The standard InChI is InChI=1S/C18H18/c1-4-13-14-9-5-7-11-16(14)18(2,3)17-12-8-6-10-15(13)17/h4-13H,1H2,2-3H3. The second-order valence-corrected chi connectivity index (χ2v) is 5.51. The van der Waals surface area contributed by atoms with Crippen molar-refractivity contribution in [2.24, 2.45) is 0 Å². The normalized spacial score (nSPS) is 16.8. The molecule has 0 bridgehead atoms. The van der Waals surface area contributed by atoms with Gasteiger partial charge < -0.3 is 0 Å². The molecule has 1 aliphatic carbocycles. The topological polar surface area (TPSA) is 0 Å². The molecule has 0 saturated heterocycles. The van der Waals surface area contributed by atoms with Gasteiger partial charge in [-0.3, -0.25) is 0 Å². The minimum Gasteiger partial charge on any atom is -0.102 e. The van der Waals surface area contributed by atoms with E-state index in [1.807, 2.05) is 0 Å². The quantitative estimate of drug-likeness (QED) is 0.630. The van der Waals surface area contributed by atoms with Crippen molar-refractivity contribution in [3.05, 3.63) is 83.4 Å². The lowest BCUT2D eigenvalue weighted by atomic mass is 9.65. The van der Waals surface area contributed by atoms with Crippen LogP contribution in [0, 0.1) is 0 Å². The zero-order chi connectivity index (χ0) is 12.8. The predicted molar refractivity (Wildman–Crippen MR) is 77.1 cm³/mol. The zero-order valence-electron chi connectivity index (χ0n) is 11.0. The second-order valence-electron chi connectivity index (χ2n) is 5.51. The summed E-state index contributed by atoms with van der Waals surface area (Å²) in [6.07, 6.45) is 2.06. The van der Waals surface area contributed by atoms with Gasteiger partial charge in [-0.2, -0.15) is 0 Å². The minimum atomic E-state index is 0.0761. The van der Waals surface area contributed by atoms with Crippen LogP contribution in [0.3, 0.4) is 0 Å². The second kappa shape index (κ2) is 3.84. The van der Waals surface area contributed by atoms with Crippen molar-refractivity contribution < 1.29 is 0 Å². The highest BCUT2D eigenvalue weighted by molar-refractivity contribution is 5.57. The van der Waals surface area contributed by atoms with Crippen molar-refractivity contribution in [2.45, 2.75) is 25.2 Å². The van der Waals surface area contributed by atoms with Gasteiger partial charge in [0.05, 0.1) is 0 Å². The summed E-state index contributed by atoms with van der Waals surface area (Å²) >= 11 is 0. The molecule has 18 heavy (non-hydrogen) atoms. The average Bonchev–Trinajstić information content (AvgIpc) is 2.40. The Morgan fingerprint density at radius 3 is 1.78 bits per heavy atom. The van der Waals surface area contributed by atoms with E-state index in [2.05, 4.69) is 75.0 Å². The molecule has 2 aromatic carbocycles. The average molecular weight is 234 g/mol. The smallest absolute Gasteiger partial charge is 0.0273 e. The molecule has 3 rings (SSSR count). The van der Waals surface area contributed by atoms with Crippen molar-refractivity contribution >= 4 is 0 Å². The van der Waals surface area contributed by atoms with Gasteiger partial charge in [-0.05, 0) is 22.3 Å². The van der Waals surface area contributed by atoms with Crippen molar-refractivity contribution in [3.8, 4) is 0 Å². The van der Waals surface area contributed by atoms with E-state index in [0.717, 1.165) is 0 Å². The minimum absolute atomic E-state index is 0.0761. The Kier molecular flexibility index (Phi) is 2.41. The van der Waals surface area contributed by atoms with Crippen molar-refractivity contribution in [1.82, 2.24) is 0 Å². The fraction of sp³-hybridized carbons (Fsp3) is 0.222. The van der Waals surface area contributed by atoms with Crippen LogP contribution in [-0.4, -0.2) is 0 Å². The first kappa shape index (κ1) is 11.3. The van der Waals surface area contributed by atoms with E-state index in [-0.39, 0.29) is 5.41 Å². The number of rotatable bonds is 1. The molecule has 0 aliphatic heterocycles. The van der Waals surface area contributed by atoms with E-state index in [4.69, 9.17) is 0 Å². The molecule has 0 amide bonds. The van der Waals surface area contributed by atoms with E-state index in [1.165, 1.54) is 22.3 Å². The van der Waals surface area contributed by atoms with Crippen LogP contribution in [0.4, 0.5) is 0 Å². The first-order valence-electron chi connectivity index (χ1n) is 6.47. The fourth-order valence-electron chi connectivity index (χ4n) is 3.24. The number of benzene rings is 2. The van der Waals surface area contributed by atoms with Gasteiger partial charge in [0.1, 0.15) is 0 Å². The maximum atomic E-state index is 4.03. The molecule has 0 aromatic heterocycles. The van der Waals surface area contributed by atoms with Crippen LogP contribution in [0.2, 0.25) is 0 Å². The summed E-state index contributed by atoms with van der Waals surface area (Å²) in [5.74, 6) is 0.324. The Labute approximate surface area is 109 Å². The summed E-state index contributed by atoms with van der Waals surface area (Å²) in [5.41, 5.74) is 5.72. The van der Waals surface area contributed by atoms with Crippen LogP contribution >= 0.6 is 0 Å². The van der Waals surface area contributed by atoms with E-state index in [1.54, 1.807) is 0 Å². The molecule has 90 valence electrons. The van der Waals surface area contributed by atoms with Crippen molar-refractivity contribution in [2.75, 3.05) is 0 Å². The Hall–Kier alpha value is -1.82. The summed E-state index contributed by atoms with van der Waals surface area (Å²) in [5, 5.41) is 0. The Morgan fingerprint density at radius 1 is 0.889 bits per heavy atom. The monoisotopic (exact) mass is 234 g/mol. The van der Waals surface area contributed by atoms with Crippen LogP contribution in [0.5, 0.6) is 0 Å². The van der Waals surface area contributed by atoms with Gasteiger partial charge in [0, 0.05) is 11.3 Å². The van der Waals surface area contributed by atoms with Crippen LogP contribution in [-0.2, 0) is 5.41 Å². The molecule has 0 N–H and O–H groups in total. The van der Waals surface area contributed by atoms with Gasteiger partial charge in [-0.25, -0.2) is 0 Å². The molecule has 0 atom stereocenters. The summed E-state index contributed by atoms with van der Waals surface area (Å²) in [4.78, 5) is 0. The molecule has 0 nitrogen and oxygen atoms in total. The van der Waals surface area contributed by atoms with Crippen LogP contribution in [0.15, 0.2) is 61.2 Å². The fourth-order valence-corrected chi connectivity index (χ4v) is 3.24.